The summed E-state index contributed by atoms with van der Waals surface area (Å²) < 4.78 is 19.1. The Morgan fingerprint density at radius 3 is 2.68 bits per heavy atom. The predicted octanol–water partition coefficient (Wildman–Crippen LogP) is 2.70. The van der Waals surface area contributed by atoms with Crippen molar-refractivity contribution < 1.29 is 18.8 Å². The second kappa shape index (κ2) is 9.20. The minimum Gasteiger partial charge on any atom is -0.490 e. The van der Waals surface area contributed by atoms with E-state index < -0.39 is 5.82 Å². The molecular weight excluding hydrogens is 343 g/mol. The molecule has 25 heavy (non-hydrogen) atoms. The molecular formula is C19H21ClFN2O2+. The van der Waals surface area contributed by atoms with Crippen LogP contribution in [0.25, 0.3) is 0 Å². The van der Waals surface area contributed by atoms with Gasteiger partial charge in [0.15, 0.2) is 6.54 Å². The molecule has 1 atom stereocenters. The normalized spacial score (nSPS) is 11.6. The van der Waals surface area contributed by atoms with Crippen molar-refractivity contribution in [1.82, 2.24) is 0 Å². The van der Waals surface area contributed by atoms with Gasteiger partial charge in [0, 0.05) is 10.6 Å². The monoisotopic (exact) mass is 363 g/mol. The smallest absolute Gasteiger partial charge is 0.279 e. The summed E-state index contributed by atoms with van der Waals surface area (Å²) in [6, 6.07) is 11.8. The zero-order valence-corrected chi connectivity index (χ0v) is 14.8. The van der Waals surface area contributed by atoms with Gasteiger partial charge in [-0.3, -0.25) is 4.79 Å². The number of benzene rings is 2. The van der Waals surface area contributed by atoms with Crippen molar-refractivity contribution in [3.05, 3.63) is 71.5 Å². The maximum Gasteiger partial charge on any atom is 0.279 e. The second-order valence-corrected chi connectivity index (χ2v) is 6.16. The van der Waals surface area contributed by atoms with Crippen LogP contribution in [0.1, 0.15) is 5.56 Å². The lowest BCUT2D eigenvalue weighted by atomic mass is 10.2. The van der Waals surface area contributed by atoms with Crippen molar-refractivity contribution >= 4 is 23.2 Å². The van der Waals surface area contributed by atoms with E-state index in [4.69, 9.17) is 16.3 Å². The number of anilines is 1. The van der Waals surface area contributed by atoms with Gasteiger partial charge in [0.25, 0.3) is 5.91 Å². The lowest BCUT2D eigenvalue weighted by Gasteiger charge is -2.14. The Morgan fingerprint density at radius 1 is 1.32 bits per heavy atom. The van der Waals surface area contributed by atoms with Gasteiger partial charge in [0.2, 0.25) is 0 Å². The van der Waals surface area contributed by atoms with Gasteiger partial charge in [-0.2, -0.15) is 0 Å². The maximum absolute atomic E-state index is 13.7. The molecule has 0 radical (unpaired) electrons. The number of hydrogen-bond donors (Lipinski definition) is 2. The Labute approximate surface area is 151 Å². The number of rotatable bonds is 8. The number of likely N-dealkylation sites (N-methyl/N-ethyl adjacent to an activating group) is 1. The Kier molecular flexibility index (Phi) is 6.98. The molecule has 0 saturated heterocycles. The second-order valence-electron chi connectivity index (χ2n) is 5.73. The average molecular weight is 364 g/mol. The lowest BCUT2D eigenvalue weighted by molar-refractivity contribution is -0.885. The summed E-state index contributed by atoms with van der Waals surface area (Å²) >= 11 is 5.70. The minimum absolute atomic E-state index is 0.130. The van der Waals surface area contributed by atoms with Crippen molar-refractivity contribution in [3.8, 4) is 5.75 Å². The lowest BCUT2D eigenvalue weighted by Crippen LogP contribution is -3.08. The molecule has 2 aromatic rings. The van der Waals surface area contributed by atoms with Crippen LogP contribution in [0.5, 0.6) is 5.75 Å². The fraction of sp³-hybridized carbons (Fsp3) is 0.211. The number of quaternary nitrogens is 1. The van der Waals surface area contributed by atoms with Gasteiger partial charge in [-0.05, 0) is 42.5 Å². The van der Waals surface area contributed by atoms with Gasteiger partial charge in [-0.25, -0.2) is 4.39 Å². The Bertz CT molecular complexity index is 735. The molecule has 2 aromatic carbocycles. The Morgan fingerprint density at radius 2 is 2.04 bits per heavy atom. The number of hydrogen-bond acceptors (Lipinski definition) is 2. The average Bonchev–Trinajstić information content (AvgIpc) is 2.56. The fourth-order valence-electron chi connectivity index (χ4n) is 2.33. The Hall–Kier alpha value is -2.37. The summed E-state index contributed by atoms with van der Waals surface area (Å²) in [5.41, 5.74) is 1.21. The molecule has 0 heterocycles. The van der Waals surface area contributed by atoms with Gasteiger partial charge < -0.3 is 15.0 Å². The zero-order chi connectivity index (χ0) is 18.2. The third kappa shape index (κ3) is 6.21. The van der Waals surface area contributed by atoms with Crippen LogP contribution in [-0.2, 0) is 11.3 Å². The van der Waals surface area contributed by atoms with Crippen molar-refractivity contribution in [2.24, 2.45) is 0 Å². The van der Waals surface area contributed by atoms with Gasteiger partial charge in [-0.15, -0.1) is 0 Å². The third-order valence-corrected chi connectivity index (χ3v) is 3.70. The summed E-state index contributed by atoms with van der Waals surface area (Å²) in [7, 11) is 1.90. The standard InChI is InChI=1S/C19H20ClFN2O2/c1-3-10-25-16-7-4-14(5-8-16)12-23(2)13-19(24)22-18-9-6-15(20)11-17(18)21/h3-9,11H,1,10,12-13H2,2H3,(H,22,24)/p+1. The molecule has 1 amide bonds. The first-order valence-corrected chi connectivity index (χ1v) is 8.24. The summed E-state index contributed by atoms with van der Waals surface area (Å²) in [6.45, 7) is 4.95. The van der Waals surface area contributed by atoms with Crippen molar-refractivity contribution in [2.75, 3.05) is 25.5 Å². The highest BCUT2D eigenvalue weighted by molar-refractivity contribution is 6.30. The zero-order valence-electron chi connectivity index (χ0n) is 14.0. The molecule has 0 aromatic heterocycles. The predicted molar refractivity (Wildman–Crippen MR) is 97.6 cm³/mol. The van der Waals surface area contributed by atoms with Crippen LogP contribution in [0, 0.1) is 5.82 Å². The summed E-state index contributed by atoms with van der Waals surface area (Å²) in [4.78, 5) is 13.0. The maximum atomic E-state index is 13.7. The molecule has 0 aliphatic rings. The van der Waals surface area contributed by atoms with Crippen LogP contribution in [-0.4, -0.2) is 26.1 Å². The van der Waals surface area contributed by atoms with Gasteiger partial charge in [0.1, 0.15) is 24.7 Å². The quantitative estimate of drug-likeness (QED) is 0.708. The fourth-order valence-corrected chi connectivity index (χ4v) is 2.49. The van der Waals surface area contributed by atoms with Crippen molar-refractivity contribution in [1.29, 1.82) is 0 Å². The molecule has 0 spiro atoms. The third-order valence-electron chi connectivity index (χ3n) is 3.46. The van der Waals surface area contributed by atoms with Crippen molar-refractivity contribution in [3.63, 3.8) is 0 Å². The van der Waals surface area contributed by atoms with Crippen LogP contribution in [0.15, 0.2) is 55.1 Å². The van der Waals surface area contributed by atoms with Gasteiger partial charge >= 0.3 is 0 Å². The SMILES string of the molecule is C=CCOc1ccc(C[NH+](C)CC(=O)Nc2ccc(Cl)cc2F)cc1. The van der Waals surface area contributed by atoms with Crippen LogP contribution < -0.4 is 15.0 Å². The van der Waals surface area contributed by atoms with Crippen LogP contribution in [0.2, 0.25) is 5.02 Å². The molecule has 4 nitrogen and oxygen atoms in total. The van der Waals surface area contributed by atoms with E-state index in [9.17, 15) is 9.18 Å². The van der Waals surface area contributed by atoms with Gasteiger partial charge in [0.05, 0.1) is 12.7 Å². The molecule has 0 fully saturated rings. The molecule has 132 valence electrons. The van der Waals surface area contributed by atoms with Crippen molar-refractivity contribution in [2.45, 2.75) is 6.54 Å². The van der Waals surface area contributed by atoms with Crippen LogP contribution in [0.4, 0.5) is 10.1 Å². The summed E-state index contributed by atoms with van der Waals surface area (Å²) in [5, 5.41) is 2.85. The first-order valence-electron chi connectivity index (χ1n) is 7.86. The highest BCUT2D eigenvalue weighted by Gasteiger charge is 2.13. The van der Waals surface area contributed by atoms with Crippen LogP contribution in [0.3, 0.4) is 0 Å². The van der Waals surface area contributed by atoms with E-state index in [2.05, 4.69) is 11.9 Å². The molecule has 2 rings (SSSR count). The minimum atomic E-state index is -0.548. The first kappa shape index (κ1) is 19.0. The van der Waals surface area contributed by atoms with Gasteiger partial charge in [-0.1, -0.05) is 24.3 Å². The topological polar surface area (TPSA) is 42.8 Å². The summed E-state index contributed by atoms with van der Waals surface area (Å²) in [5.74, 6) is -0.0319. The first-order chi connectivity index (χ1) is 12.0. The molecule has 0 aliphatic carbocycles. The van der Waals surface area contributed by atoms with E-state index >= 15 is 0 Å². The number of carbonyl (C=O) groups is 1. The van der Waals surface area contributed by atoms with E-state index in [0.717, 1.165) is 16.2 Å². The summed E-state index contributed by atoms with van der Waals surface area (Å²) in [6.07, 6.45) is 1.69. The van der Waals surface area contributed by atoms with E-state index in [1.165, 1.54) is 18.2 Å². The number of ether oxygens (including phenoxy) is 1. The number of carbonyl (C=O) groups excluding carboxylic acids is 1. The highest BCUT2D eigenvalue weighted by Crippen LogP contribution is 2.18. The van der Waals surface area contributed by atoms with E-state index in [-0.39, 0.29) is 18.1 Å². The largest absolute Gasteiger partial charge is 0.490 e. The van der Waals surface area contributed by atoms with Crippen LogP contribution >= 0.6 is 11.6 Å². The molecule has 1 unspecified atom stereocenters. The van der Waals surface area contributed by atoms with E-state index in [1.807, 2.05) is 31.3 Å². The Balaban J connectivity index is 1.85. The highest BCUT2D eigenvalue weighted by atomic mass is 35.5. The number of amides is 1. The van der Waals surface area contributed by atoms with E-state index in [0.29, 0.717) is 18.2 Å². The molecule has 0 saturated carbocycles. The molecule has 0 bridgehead atoms. The molecule has 0 aliphatic heterocycles. The molecule has 2 N–H and O–H groups in total. The van der Waals surface area contributed by atoms with E-state index in [1.54, 1.807) is 6.08 Å². The number of halogens is 2. The molecule has 6 heteroatoms. The number of nitrogens with one attached hydrogen (secondary N) is 2.